The van der Waals surface area contributed by atoms with Crippen molar-refractivity contribution in [3.63, 3.8) is 0 Å². The topological polar surface area (TPSA) is 58.6 Å². The van der Waals surface area contributed by atoms with E-state index in [9.17, 15) is 14.0 Å². The number of nitrogens with zero attached hydrogens (tertiary/aromatic N) is 1. The molecule has 156 valence electrons. The van der Waals surface area contributed by atoms with Gasteiger partial charge in [-0.1, -0.05) is 49.7 Å². The maximum atomic E-state index is 13.8. The average Bonchev–Trinajstić information content (AvgIpc) is 2.72. The van der Waals surface area contributed by atoms with Crippen molar-refractivity contribution in [2.45, 2.75) is 46.2 Å². The zero-order chi connectivity index (χ0) is 21.2. The Balaban J connectivity index is 2.14. The van der Waals surface area contributed by atoms with Gasteiger partial charge in [-0.3, -0.25) is 9.59 Å². The monoisotopic (exact) mass is 400 g/mol. The number of nitrogens with one attached hydrogen (secondary N) is 1. The van der Waals surface area contributed by atoms with Crippen LogP contribution in [0.25, 0.3) is 0 Å². The molecular formula is C23H29FN2O3. The Labute approximate surface area is 171 Å². The van der Waals surface area contributed by atoms with Crippen molar-refractivity contribution in [3.8, 4) is 5.75 Å². The van der Waals surface area contributed by atoms with Crippen LogP contribution in [0.5, 0.6) is 5.75 Å². The first-order valence-electron chi connectivity index (χ1n) is 9.93. The lowest BCUT2D eigenvalue weighted by molar-refractivity contribution is -0.142. The molecule has 0 fully saturated rings. The van der Waals surface area contributed by atoms with Crippen molar-refractivity contribution < 1.29 is 18.7 Å². The van der Waals surface area contributed by atoms with Crippen LogP contribution in [0.4, 0.5) is 4.39 Å². The van der Waals surface area contributed by atoms with E-state index in [1.165, 1.54) is 17.0 Å². The number of hydrogen-bond acceptors (Lipinski definition) is 3. The van der Waals surface area contributed by atoms with Gasteiger partial charge in [0, 0.05) is 13.1 Å². The van der Waals surface area contributed by atoms with E-state index < -0.39 is 11.9 Å². The minimum atomic E-state index is -0.678. The number of benzene rings is 2. The Morgan fingerprint density at radius 3 is 2.52 bits per heavy atom. The Hall–Kier alpha value is -2.89. The summed E-state index contributed by atoms with van der Waals surface area (Å²) in [6.07, 6.45) is 1.84. The summed E-state index contributed by atoms with van der Waals surface area (Å²) in [6, 6.07) is 13.0. The number of rotatable bonds is 10. The number of carbonyl (C=O) groups excluding carboxylic acids is 2. The predicted molar refractivity (Wildman–Crippen MR) is 111 cm³/mol. The number of unbranched alkanes of at least 4 members (excludes halogenated alkanes) is 1. The molecule has 5 nitrogen and oxygen atoms in total. The second kappa shape index (κ2) is 11.2. The zero-order valence-corrected chi connectivity index (χ0v) is 17.3. The first kappa shape index (κ1) is 22.4. The molecule has 0 spiro atoms. The number of aryl methyl sites for hydroxylation is 1. The van der Waals surface area contributed by atoms with Crippen LogP contribution in [-0.2, 0) is 16.1 Å². The molecule has 0 heterocycles. The van der Waals surface area contributed by atoms with E-state index in [0.717, 1.165) is 24.0 Å². The summed E-state index contributed by atoms with van der Waals surface area (Å²) < 4.78 is 19.2. The maximum Gasteiger partial charge on any atom is 0.261 e. The number of hydrogen-bond donors (Lipinski definition) is 1. The lowest BCUT2D eigenvalue weighted by atomic mass is 10.1. The van der Waals surface area contributed by atoms with Crippen LogP contribution < -0.4 is 10.1 Å². The van der Waals surface area contributed by atoms with Crippen LogP contribution in [0.2, 0.25) is 0 Å². The van der Waals surface area contributed by atoms with E-state index in [1.54, 1.807) is 19.1 Å². The zero-order valence-electron chi connectivity index (χ0n) is 17.3. The van der Waals surface area contributed by atoms with Crippen molar-refractivity contribution in [3.05, 3.63) is 65.5 Å². The van der Waals surface area contributed by atoms with Crippen molar-refractivity contribution in [2.24, 2.45) is 0 Å². The van der Waals surface area contributed by atoms with Gasteiger partial charge < -0.3 is 15.0 Å². The molecule has 0 aliphatic heterocycles. The second-order valence-corrected chi connectivity index (χ2v) is 6.99. The Morgan fingerprint density at radius 2 is 1.83 bits per heavy atom. The van der Waals surface area contributed by atoms with Gasteiger partial charge >= 0.3 is 0 Å². The van der Waals surface area contributed by atoms with Gasteiger partial charge in [0.15, 0.2) is 18.2 Å². The third kappa shape index (κ3) is 6.59. The summed E-state index contributed by atoms with van der Waals surface area (Å²) in [4.78, 5) is 27.0. The number of amides is 2. The van der Waals surface area contributed by atoms with Gasteiger partial charge in [0.25, 0.3) is 5.91 Å². The molecule has 2 amide bonds. The average molecular weight is 400 g/mol. The fourth-order valence-electron chi connectivity index (χ4n) is 2.87. The van der Waals surface area contributed by atoms with E-state index in [4.69, 9.17) is 4.74 Å². The molecule has 0 saturated carbocycles. The van der Waals surface area contributed by atoms with E-state index in [1.807, 2.05) is 38.1 Å². The molecule has 0 aliphatic rings. The lowest BCUT2D eigenvalue weighted by Gasteiger charge is -2.29. The number of ether oxygens (including phenoxy) is 1. The molecule has 29 heavy (non-hydrogen) atoms. The highest BCUT2D eigenvalue weighted by molar-refractivity contribution is 5.88. The van der Waals surface area contributed by atoms with Crippen molar-refractivity contribution in [2.75, 3.05) is 13.2 Å². The van der Waals surface area contributed by atoms with Crippen molar-refractivity contribution in [1.82, 2.24) is 10.2 Å². The normalized spacial score (nSPS) is 11.6. The molecule has 2 aromatic carbocycles. The highest BCUT2D eigenvalue weighted by Crippen LogP contribution is 2.17. The first-order valence-corrected chi connectivity index (χ1v) is 9.93. The minimum Gasteiger partial charge on any atom is -0.481 e. The third-order valence-electron chi connectivity index (χ3n) is 4.79. The largest absolute Gasteiger partial charge is 0.481 e. The van der Waals surface area contributed by atoms with E-state index in [2.05, 4.69) is 5.32 Å². The Kier molecular flexibility index (Phi) is 8.65. The van der Waals surface area contributed by atoms with Crippen LogP contribution in [0, 0.1) is 12.7 Å². The molecule has 2 aromatic rings. The molecule has 1 atom stereocenters. The molecular weight excluding hydrogens is 371 g/mol. The molecule has 6 heteroatoms. The highest BCUT2D eigenvalue weighted by atomic mass is 19.1. The molecule has 1 N–H and O–H groups in total. The van der Waals surface area contributed by atoms with Crippen molar-refractivity contribution >= 4 is 11.8 Å². The van der Waals surface area contributed by atoms with Gasteiger partial charge in [0.05, 0.1) is 0 Å². The Bertz CT molecular complexity index is 825. The smallest absolute Gasteiger partial charge is 0.261 e. The van der Waals surface area contributed by atoms with Crippen LogP contribution in [-0.4, -0.2) is 35.9 Å². The van der Waals surface area contributed by atoms with Gasteiger partial charge in [-0.25, -0.2) is 4.39 Å². The standard InChI is InChI=1S/C23H29FN2O3/c1-4-5-14-25-23(28)18(3)26(15-19-11-7-6-10-17(19)2)22(27)16-29-21-13-9-8-12-20(21)24/h6-13,18H,4-5,14-16H2,1-3H3,(H,25,28)/t18-/m1/s1. The minimum absolute atomic E-state index is 0.0109. The predicted octanol–water partition coefficient (Wildman–Crippen LogP) is 3.85. The summed E-state index contributed by atoms with van der Waals surface area (Å²) in [5.74, 6) is -1.12. The number of halogens is 1. The Morgan fingerprint density at radius 1 is 1.14 bits per heavy atom. The van der Waals surface area contributed by atoms with Crippen LogP contribution in [0.15, 0.2) is 48.5 Å². The number of para-hydroxylation sites is 1. The molecule has 0 bridgehead atoms. The van der Waals surface area contributed by atoms with Crippen molar-refractivity contribution in [1.29, 1.82) is 0 Å². The molecule has 0 aliphatic carbocycles. The fraction of sp³-hybridized carbons (Fsp3) is 0.391. The summed E-state index contributed by atoms with van der Waals surface area (Å²) in [6.45, 7) is 6.19. The summed E-state index contributed by atoms with van der Waals surface area (Å²) in [5.41, 5.74) is 1.97. The molecule has 0 unspecified atom stereocenters. The molecule has 0 radical (unpaired) electrons. The van der Waals surface area contributed by atoms with E-state index in [0.29, 0.717) is 6.54 Å². The third-order valence-corrected chi connectivity index (χ3v) is 4.79. The van der Waals surface area contributed by atoms with Crippen LogP contribution >= 0.6 is 0 Å². The van der Waals surface area contributed by atoms with Gasteiger partial charge in [0.1, 0.15) is 6.04 Å². The van der Waals surface area contributed by atoms with Gasteiger partial charge in [-0.15, -0.1) is 0 Å². The van der Waals surface area contributed by atoms with E-state index >= 15 is 0 Å². The number of carbonyl (C=O) groups is 2. The lowest BCUT2D eigenvalue weighted by Crippen LogP contribution is -2.49. The SMILES string of the molecule is CCCCNC(=O)[C@@H](C)N(Cc1ccccc1C)C(=O)COc1ccccc1F. The second-order valence-electron chi connectivity index (χ2n) is 6.99. The quantitative estimate of drug-likeness (QED) is 0.617. The summed E-state index contributed by atoms with van der Waals surface area (Å²) >= 11 is 0. The maximum absolute atomic E-state index is 13.8. The van der Waals surface area contributed by atoms with Crippen LogP contribution in [0.1, 0.15) is 37.8 Å². The molecule has 0 aromatic heterocycles. The van der Waals surface area contributed by atoms with Gasteiger partial charge in [0.2, 0.25) is 5.91 Å². The van der Waals surface area contributed by atoms with E-state index in [-0.39, 0.29) is 30.7 Å². The highest BCUT2D eigenvalue weighted by Gasteiger charge is 2.26. The van der Waals surface area contributed by atoms with Gasteiger partial charge in [-0.2, -0.15) is 0 Å². The van der Waals surface area contributed by atoms with Gasteiger partial charge in [-0.05, 0) is 43.5 Å². The molecule has 0 saturated heterocycles. The fourth-order valence-corrected chi connectivity index (χ4v) is 2.87. The van der Waals surface area contributed by atoms with Crippen LogP contribution in [0.3, 0.4) is 0 Å². The summed E-state index contributed by atoms with van der Waals surface area (Å²) in [7, 11) is 0. The molecule has 2 rings (SSSR count). The first-order chi connectivity index (χ1) is 13.9. The summed E-state index contributed by atoms with van der Waals surface area (Å²) in [5, 5.41) is 2.87.